The molecule has 0 bridgehead atoms. The van der Waals surface area contributed by atoms with Gasteiger partial charge >= 0.3 is 0 Å². The number of benzene rings is 1. The number of aliphatic hydroxyl groups excluding tert-OH is 1. The molecule has 1 amide bonds. The third-order valence-corrected chi connectivity index (χ3v) is 2.15. The smallest absolute Gasteiger partial charge is 0.253 e. The van der Waals surface area contributed by atoms with Gasteiger partial charge in [-0.3, -0.25) is 4.79 Å². The lowest BCUT2D eigenvalue weighted by atomic mass is 10.2. The van der Waals surface area contributed by atoms with E-state index in [4.69, 9.17) is 5.11 Å². The van der Waals surface area contributed by atoms with Crippen LogP contribution >= 0.6 is 0 Å². The van der Waals surface area contributed by atoms with E-state index in [-0.39, 0.29) is 12.5 Å². The summed E-state index contributed by atoms with van der Waals surface area (Å²) in [5.74, 6) is -0.0605. The van der Waals surface area contributed by atoms with Crippen molar-refractivity contribution in [1.29, 1.82) is 0 Å². The van der Waals surface area contributed by atoms with Crippen LogP contribution in [-0.2, 0) is 0 Å². The second kappa shape index (κ2) is 19.1. The molecule has 0 aliphatic carbocycles. The summed E-state index contributed by atoms with van der Waals surface area (Å²) < 4.78 is 0. The number of hydrogen-bond donors (Lipinski definition) is 1. The number of likely N-dealkylation sites (N-methyl/N-ethyl adjacent to an activating group) is 1. The van der Waals surface area contributed by atoms with Crippen LogP contribution in [0.15, 0.2) is 55.1 Å². The summed E-state index contributed by atoms with van der Waals surface area (Å²) in [5.41, 5.74) is 1.67. The van der Waals surface area contributed by atoms with E-state index in [1.54, 1.807) is 25.3 Å². The molecule has 0 aliphatic rings. The first-order chi connectivity index (χ1) is 10.5. The zero-order valence-corrected chi connectivity index (χ0v) is 15.1. The fraction of sp³-hybridized carbons (Fsp3) is 0.421. The number of rotatable bonds is 4. The minimum atomic E-state index is -0.0605. The predicted octanol–water partition coefficient (Wildman–Crippen LogP) is 4.55. The number of amides is 1. The van der Waals surface area contributed by atoms with Crippen LogP contribution in [0.5, 0.6) is 0 Å². The highest BCUT2D eigenvalue weighted by Crippen LogP contribution is 2.01. The Balaban J connectivity index is -0.000000338. The Hall–Kier alpha value is -1.87. The predicted molar refractivity (Wildman–Crippen MR) is 98.2 cm³/mol. The van der Waals surface area contributed by atoms with Crippen LogP contribution in [0.3, 0.4) is 0 Å². The molecular formula is C19H33NO2. The molecule has 1 N–H and O–H groups in total. The molecule has 1 aromatic rings. The Morgan fingerprint density at radius 3 is 1.91 bits per heavy atom. The monoisotopic (exact) mass is 307 g/mol. The Kier molecular flexibility index (Phi) is 21.8. The van der Waals surface area contributed by atoms with Crippen molar-refractivity contribution in [1.82, 2.24) is 4.90 Å². The fourth-order valence-corrected chi connectivity index (χ4v) is 1.05. The van der Waals surface area contributed by atoms with Crippen molar-refractivity contribution >= 4 is 5.91 Å². The molecule has 0 aromatic heterocycles. The van der Waals surface area contributed by atoms with E-state index in [1.807, 2.05) is 52.8 Å². The molecule has 0 atom stereocenters. The molecule has 0 heterocycles. The molecule has 126 valence electrons. The lowest BCUT2D eigenvalue weighted by Crippen LogP contribution is -2.29. The number of nitrogens with zero attached hydrogens (tertiary/aromatic N) is 1. The van der Waals surface area contributed by atoms with E-state index in [0.29, 0.717) is 12.1 Å². The van der Waals surface area contributed by atoms with Crippen molar-refractivity contribution in [2.75, 3.05) is 20.2 Å². The van der Waals surface area contributed by atoms with Gasteiger partial charge in [0.25, 0.3) is 5.91 Å². The maximum absolute atomic E-state index is 11.5. The summed E-state index contributed by atoms with van der Waals surface area (Å²) in [6, 6.07) is 9.02. The van der Waals surface area contributed by atoms with Gasteiger partial charge < -0.3 is 10.0 Å². The summed E-state index contributed by atoms with van der Waals surface area (Å²) in [6.45, 7) is 17.3. The van der Waals surface area contributed by atoms with Gasteiger partial charge in [0.05, 0.1) is 6.61 Å². The third-order valence-electron chi connectivity index (χ3n) is 2.15. The van der Waals surface area contributed by atoms with E-state index in [0.717, 1.165) is 5.57 Å². The molecule has 22 heavy (non-hydrogen) atoms. The van der Waals surface area contributed by atoms with Gasteiger partial charge in [-0.25, -0.2) is 0 Å². The van der Waals surface area contributed by atoms with E-state index < -0.39 is 0 Å². The first-order valence-corrected chi connectivity index (χ1v) is 7.72. The molecule has 0 spiro atoms. The maximum atomic E-state index is 11.5. The minimum Gasteiger partial charge on any atom is -0.395 e. The molecule has 0 unspecified atom stereocenters. The van der Waals surface area contributed by atoms with E-state index >= 15 is 0 Å². The Morgan fingerprint density at radius 2 is 1.59 bits per heavy atom. The molecule has 3 nitrogen and oxygen atoms in total. The number of hydrogen-bond acceptors (Lipinski definition) is 2. The van der Waals surface area contributed by atoms with E-state index in [1.165, 1.54) is 4.90 Å². The van der Waals surface area contributed by atoms with Gasteiger partial charge in [-0.05, 0) is 19.1 Å². The van der Waals surface area contributed by atoms with Crippen molar-refractivity contribution in [3.63, 3.8) is 0 Å². The molecule has 0 saturated heterocycles. The van der Waals surface area contributed by atoms with Crippen LogP contribution in [0.2, 0.25) is 0 Å². The quantitative estimate of drug-likeness (QED) is 0.829. The van der Waals surface area contributed by atoms with Gasteiger partial charge in [0.15, 0.2) is 0 Å². The molecule has 0 fully saturated rings. The van der Waals surface area contributed by atoms with Gasteiger partial charge in [0.1, 0.15) is 0 Å². The number of aliphatic hydroxyl groups is 1. The topological polar surface area (TPSA) is 40.5 Å². The highest BCUT2D eigenvalue weighted by Gasteiger charge is 2.09. The highest BCUT2D eigenvalue weighted by molar-refractivity contribution is 5.93. The average molecular weight is 307 g/mol. The summed E-state index contributed by atoms with van der Waals surface area (Å²) in [7, 11) is 1.67. The molecule has 1 aromatic carbocycles. The average Bonchev–Trinajstić information content (AvgIpc) is 2.59. The van der Waals surface area contributed by atoms with Gasteiger partial charge in [-0.1, -0.05) is 70.7 Å². The maximum Gasteiger partial charge on any atom is 0.253 e. The van der Waals surface area contributed by atoms with Crippen LogP contribution in [0, 0.1) is 0 Å². The zero-order valence-electron chi connectivity index (χ0n) is 15.1. The second-order valence-corrected chi connectivity index (χ2v) is 3.87. The van der Waals surface area contributed by atoms with Crippen molar-refractivity contribution in [3.05, 3.63) is 60.7 Å². The molecule has 1 rings (SSSR count). The highest BCUT2D eigenvalue weighted by atomic mass is 16.3. The molecular weight excluding hydrogens is 274 g/mol. The van der Waals surface area contributed by atoms with E-state index in [2.05, 4.69) is 13.2 Å². The van der Waals surface area contributed by atoms with Crippen LogP contribution in [0.4, 0.5) is 0 Å². The van der Waals surface area contributed by atoms with Gasteiger partial charge in [0, 0.05) is 19.2 Å². The summed E-state index contributed by atoms with van der Waals surface area (Å²) in [4.78, 5) is 13.0. The van der Waals surface area contributed by atoms with E-state index in [9.17, 15) is 4.79 Å². The molecule has 3 heteroatoms. The summed E-state index contributed by atoms with van der Waals surface area (Å²) in [6.07, 6.45) is 1.72. The van der Waals surface area contributed by atoms with Gasteiger partial charge in [-0.15, -0.1) is 0 Å². The van der Waals surface area contributed by atoms with Gasteiger partial charge in [-0.2, -0.15) is 0 Å². The lowest BCUT2D eigenvalue weighted by molar-refractivity contribution is 0.0767. The normalized spacial score (nSPS) is 7.77. The Labute approximate surface area is 137 Å². The van der Waals surface area contributed by atoms with Crippen molar-refractivity contribution in [3.8, 4) is 0 Å². The van der Waals surface area contributed by atoms with Crippen molar-refractivity contribution in [2.24, 2.45) is 0 Å². The van der Waals surface area contributed by atoms with Gasteiger partial charge in [0.2, 0.25) is 0 Å². The zero-order chi connectivity index (χ0) is 18.0. The second-order valence-electron chi connectivity index (χ2n) is 3.87. The molecule has 0 radical (unpaired) electrons. The lowest BCUT2D eigenvalue weighted by Gasteiger charge is -2.15. The number of carbonyl (C=O) groups is 1. The first-order valence-electron chi connectivity index (χ1n) is 7.72. The van der Waals surface area contributed by atoms with Crippen LogP contribution in [-0.4, -0.2) is 36.1 Å². The minimum absolute atomic E-state index is 0.00489. The Morgan fingerprint density at radius 1 is 1.18 bits per heavy atom. The Bertz CT molecular complexity index is 386. The number of carbonyl (C=O) groups excluding carboxylic acids is 1. The SMILES string of the molecule is C=CC(=C)C.CC.CC.CN(CCO)C(=O)c1ccccc1. The standard InChI is InChI=1S/C10H13NO2.C5H8.2C2H6/c1-11(7-8-12)10(13)9-5-3-2-4-6-9;1-4-5(2)3;2*1-2/h2-6,12H,7-8H2,1H3;4H,1-2H2,3H3;2*1-2H3. The summed E-state index contributed by atoms with van der Waals surface area (Å²) in [5, 5.41) is 8.64. The van der Waals surface area contributed by atoms with Crippen LogP contribution < -0.4 is 0 Å². The molecule has 0 aliphatic heterocycles. The number of allylic oxidation sites excluding steroid dienone is 2. The van der Waals surface area contributed by atoms with Crippen LogP contribution in [0.25, 0.3) is 0 Å². The van der Waals surface area contributed by atoms with Crippen molar-refractivity contribution < 1.29 is 9.90 Å². The van der Waals surface area contributed by atoms with Crippen LogP contribution in [0.1, 0.15) is 45.0 Å². The largest absolute Gasteiger partial charge is 0.395 e. The molecule has 0 saturated carbocycles. The summed E-state index contributed by atoms with van der Waals surface area (Å²) >= 11 is 0. The third kappa shape index (κ3) is 14.5. The fourth-order valence-electron chi connectivity index (χ4n) is 1.05. The van der Waals surface area contributed by atoms with Crippen molar-refractivity contribution in [2.45, 2.75) is 34.6 Å². The first kappa shape index (κ1) is 25.1.